The van der Waals surface area contributed by atoms with Crippen LogP contribution in [0.3, 0.4) is 0 Å². The molecular formula is C25H36N2O3. The number of carbonyl (C=O) groups is 1. The van der Waals surface area contributed by atoms with Crippen LogP contribution in [0.15, 0.2) is 18.2 Å². The molecular weight excluding hydrogens is 376 g/mol. The summed E-state index contributed by atoms with van der Waals surface area (Å²) >= 11 is 0. The molecule has 1 aromatic rings. The number of carbonyl (C=O) groups excluding carboxylic acids is 1. The minimum atomic E-state index is -0.174. The summed E-state index contributed by atoms with van der Waals surface area (Å²) in [5.74, 6) is 7.15. The van der Waals surface area contributed by atoms with Crippen LogP contribution in [0.1, 0.15) is 63.4 Å². The van der Waals surface area contributed by atoms with Crippen molar-refractivity contribution in [3.05, 3.63) is 29.3 Å². The van der Waals surface area contributed by atoms with Gasteiger partial charge in [-0.15, -0.1) is 5.92 Å². The third-order valence-electron chi connectivity index (χ3n) is 6.26. The molecule has 0 saturated carbocycles. The highest BCUT2D eigenvalue weighted by Gasteiger charge is 2.46. The van der Waals surface area contributed by atoms with Gasteiger partial charge in [-0.2, -0.15) is 0 Å². The van der Waals surface area contributed by atoms with E-state index in [9.17, 15) is 4.79 Å². The number of benzene rings is 1. The predicted molar refractivity (Wildman–Crippen MR) is 120 cm³/mol. The summed E-state index contributed by atoms with van der Waals surface area (Å²) in [4.78, 5) is 17.5. The number of aryl methyl sites for hydroxylation is 1. The highest BCUT2D eigenvalue weighted by molar-refractivity contribution is 5.94. The average molecular weight is 413 g/mol. The van der Waals surface area contributed by atoms with Gasteiger partial charge in [-0.25, -0.2) is 0 Å². The monoisotopic (exact) mass is 412 g/mol. The van der Waals surface area contributed by atoms with Crippen LogP contribution in [0.25, 0.3) is 0 Å². The molecule has 1 spiro atoms. The zero-order valence-corrected chi connectivity index (χ0v) is 19.4. The maximum Gasteiger partial charge on any atom is 0.253 e. The minimum Gasteiger partial charge on any atom is -0.491 e. The van der Waals surface area contributed by atoms with Crippen LogP contribution in [0, 0.1) is 18.8 Å². The average Bonchev–Trinajstić information content (AvgIpc) is 2.70. The van der Waals surface area contributed by atoms with Gasteiger partial charge in [0.15, 0.2) is 0 Å². The van der Waals surface area contributed by atoms with Gasteiger partial charge in [-0.05, 0) is 78.1 Å². The van der Waals surface area contributed by atoms with E-state index in [0.29, 0.717) is 6.61 Å². The maximum absolute atomic E-state index is 13.1. The summed E-state index contributed by atoms with van der Waals surface area (Å²) in [5, 5.41) is 0. The first-order chi connectivity index (χ1) is 14.2. The molecule has 0 atom stereocenters. The zero-order valence-electron chi connectivity index (χ0n) is 19.4. The van der Waals surface area contributed by atoms with Crippen LogP contribution in [-0.4, -0.2) is 65.7 Å². The number of piperidine rings is 1. The van der Waals surface area contributed by atoms with E-state index in [1.54, 1.807) is 0 Å². The van der Waals surface area contributed by atoms with Gasteiger partial charge in [0.2, 0.25) is 0 Å². The van der Waals surface area contributed by atoms with Gasteiger partial charge in [0, 0.05) is 30.7 Å². The molecule has 2 heterocycles. The molecule has 2 saturated heterocycles. The van der Waals surface area contributed by atoms with Gasteiger partial charge in [-0.3, -0.25) is 9.69 Å². The Hall–Kier alpha value is -2.03. The van der Waals surface area contributed by atoms with Crippen molar-refractivity contribution in [1.29, 1.82) is 0 Å². The van der Waals surface area contributed by atoms with E-state index in [1.165, 1.54) is 0 Å². The van der Waals surface area contributed by atoms with E-state index in [2.05, 4.69) is 30.6 Å². The number of rotatable bonds is 4. The van der Waals surface area contributed by atoms with Crippen LogP contribution in [0.5, 0.6) is 5.75 Å². The molecule has 5 heteroatoms. The van der Waals surface area contributed by atoms with Crippen LogP contribution in [0.2, 0.25) is 0 Å². The summed E-state index contributed by atoms with van der Waals surface area (Å²) in [6.07, 6.45) is 1.84. The van der Waals surface area contributed by atoms with Crippen molar-refractivity contribution >= 4 is 5.91 Å². The number of nitrogens with zero attached hydrogens (tertiary/aromatic N) is 2. The molecule has 164 valence electrons. The van der Waals surface area contributed by atoms with E-state index in [1.807, 2.05) is 50.8 Å². The molecule has 0 aromatic heterocycles. The smallest absolute Gasteiger partial charge is 0.253 e. The third kappa shape index (κ3) is 4.99. The number of hydrogen-bond acceptors (Lipinski definition) is 4. The van der Waals surface area contributed by atoms with Crippen LogP contribution < -0.4 is 4.74 Å². The standard InChI is InChI=1S/C25H36N2O3/c1-7-8-13-27-17-25(29-18-24(27,5)6)11-14-26(15-12-25)23(28)21-9-10-22(20(4)16-21)30-19(2)3/h9-10,16,19H,11-15,17-18H2,1-6H3. The van der Waals surface area contributed by atoms with Gasteiger partial charge in [0.1, 0.15) is 5.75 Å². The van der Waals surface area contributed by atoms with Crippen molar-refractivity contribution in [3.8, 4) is 17.6 Å². The zero-order chi connectivity index (χ0) is 21.9. The largest absolute Gasteiger partial charge is 0.491 e. The van der Waals surface area contributed by atoms with Gasteiger partial charge < -0.3 is 14.4 Å². The molecule has 2 aliphatic heterocycles. The summed E-state index contributed by atoms with van der Waals surface area (Å²) in [6, 6.07) is 5.73. The van der Waals surface area contributed by atoms with Gasteiger partial charge >= 0.3 is 0 Å². The highest BCUT2D eigenvalue weighted by atomic mass is 16.5. The number of ether oxygens (including phenoxy) is 2. The number of likely N-dealkylation sites (tertiary alicyclic amines) is 1. The molecule has 2 fully saturated rings. The molecule has 30 heavy (non-hydrogen) atoms. The number of morpholine rings is 1. The van der Waals surface area contributed by atoms with Crippen molar-refractivity contribution in [2.75, 3.05) is 32.8 Å². The molecule has 0 aliphatic carbocycles. The van der Waals surface area contributed by atoms with E-state index in [0.717, 1.165) is 55.9 Å². The Labute approximate surface area is 181 Å². The Morgan fingerprint density at radius 2 is 1.97 bits per heavy atom. The Kier molecular flexibility index (Phi) is 6.79. The quantitative estimate of drug-likeness (QED) is 0.704. The second-order valence-corrected chi connectivity index (χ2v) is 9.51. The molecule has 1 amide bonds. The topological polar surface area (TPSA) is 42.0 Å². The second-order valence-electron chi connectivity index (χ2n) is 9.51. The van der Waals surface area contributed by atoms with Gasteiger partial charge in [-0.1, -0.05) is 5.92 Å². The lowest BCUT2D eigenvalue weighted by Crippen LogP contribution is -2.64. The molecule has 0 bridgehead atoms. The number of hydrogen-bond donors (Lipinski definition) is 0. The molecule has 0 N–H and O–H groups in total. The summed E-state index contributed by atoms with van der Waals surface area (Å²) in [5.41, 5.74) is 1.53. The van der Waals surface area contributed by atoms with Gasteiger partial charge in [0.25, 0.3) is 5.91 Å². The fourth-order valence-corrected chi connectivity index (χ4v) is 4.24. The van der Waals surface area contributed by atoms with Crippen molar-refractivity contribution in [1.82, 2.24) is 9.80 Å². The Morgan fingerprint density at radius 1 is 1.27 bits per heavy atom. The predicted octanol–water partition coefficient (Wildman–Crippen LogP) is 3.89. The Bertz CT molecular complexity index is 827. The Morgan fingerprint density at radius 3 is 2.57 bits per heavy atom. The van der Waals surface area contributed by atoms with E-state index < -0.39 is 0 Å². The summed E-state index contributed by atoms with van der Waals surface area (Å²) in [7, 11) is 0. The second kappa shape index (κ2) is 8.99. The lowest BCUT2D eigenvalue weighted by molar-refractivity contribution is -0.173. The highest BCUT2D eigenvalue weighted by Crippen LogP contribution is 2.35. The first kappa shape index (κ1) is 22.7. The lowest BCUT2D eigenvalue weighted by Gasteiger charge is -2.53. The minimum absolute atomic E-state index is 0.0145. The van der Waals surface area contributed by atoms with E-state index in [4.69, 9.17) is 9.47 Å². The van der Waals surface area contributed by atoms with Crippen LogP contribution >= 0.6 is 0 Å². The molecule has 2 aliphatic rings. The number of amides is 1. The summed E-state index contributed by atoms with van der Waals surface area (Å²) in [6.45, 7) is 16.1. The molecule has 0 radical (unpaired) electrons. The SMILES string of the molecule is CC#CCN1CC2(CCN(C(=O)c3ccc(OC(C)C)c(C)c3)CC2)OCC1(C)C. The van der Waals surface area contributed by atoms with Crippen molar-refractivity contribution in [3.63, 3.8) is 0 Å². The van der Waals surface area contributed by atoms with Crippen molar-refractivity contribution in [2.24, 2.45) is 0 Å². The first-order valence-electron chi connectivity index (χ1n) is 11.0. The fourth-order valence-electron chi connectivity index (χ4n) is 4.24. The molecule has 0 unspecified atom stereocenters. The lowest BCUT2D eigenvalue weighted by atomic mass is 9.85. The van der Waals surface area contributed by atoms with E-state index in [-0.39, 0.29) is 23.2 Å². The molecule has 3 rings (SSSR count). The van der Waals surface area contributed by atoms with Crippen LogP contribution in [0.4, 0.5) is 0 Å². The maximum atomic E-state index is 13.1. The first-order valence-corrected chi connectivity index (χ1v) is 11.0. The normalized spacial score (nSPS) is 20.7. The molecule has 1 aromatic carbocycles. The third-order valence-corrected chi connectivity index (χ3v) is 6.26. The molecule has 5 nitrogen and oxygen atoms in total. The van der Waals surface area contributed by atoms with Crippen LogP contribution in [-0.2, 0) is 4.74 Å². The van der Waals surface area contributed by atoms with E-state index >= 15 is 0 Å². The van der Waals surface area contributed by atoms with Crippen molar-refractivity contribution < 1.29 is 14.3 Å². The fraction of sp³-hybridized carbons (Fsp3) is 0.640. The summed E-state index contributed by atoms with van der Waals surface area (Å²) < 4.78 is 12.2. The van der Waals surface area contributed by atoms with Gasteiger partial charge in [0.05, 0.1) is 24.9 Å². The van der Waals surface area contributed by atoms with Crippen molar-refractivity contribution in [2.45, 2.75) is 71.6 Å². The Balaban J connectivity index is 1.64.